The molecule has 0 spiro atoms. The first-order valence-electron chi connectivity index (χ1n) is 5.34. The Bertz CT molecular complexity index is 370. The summed E-state index contributed by atoms with van der Waals surface area (Å²) in [5.74, 6) is 0. The summed E-state index contributed by atoms with van der Waals surface area (Å²) in [5, 5.41) is 7.00. The fraction of sp³-hybridized carbons (Fsp3) is 0.545. The average molecular weight is 293 g/mol. The van der Waals surface area contributed by atoms with E-state index in [1.54, 1.807) is 18.4 Å². The van der Waals surface area contributed by atoms with E-state index in [0.717, 1.165) is 4.34 Å². The molecular formula is C11H17ClN2OS2. The van der Waals surface area contributed by atoms with Crippen molar-refractivity contribution >= 4 is 40.3 Å². The van der Waals surface area contributed by atoms with Crippen LogP contribution in [0, 0.1) is 0 Å². The van der Waals surface area contributed by atoms with Gasteiger partial charge in [-0.3, -0.25) is 0 Å². The maximum atomic E-state index is 5.89. The molecule has 0 fully saturated rings. The van der Waals surface area contributed by atoms with Crippen LogP contribution in [-0.4, -0.2) is 24.9 Å². The normalized spacial score (nSPS) is 14.1. The summed E-state index contributed by atoms with van der Waals surface area (Å²) in [5.41, 5.74) is 0. The van der Waals surface area contributed by atoms with Gasteiger partial charge in [-0.1, -0.05) is 11.6 Å². The van der Waals surface area contributed by atoms with Gasteiger partial charge < -0.3 is 15.4 Å². The highest BCUT2D eigenvalue weighted by molar-refractivity contribution is 7.80. The van der Waals surface area contributed by atoms with Gasteiger partial charge in [0.15, 0.2) is 5.11 Å². The van der Waals surface area contributed by atoms with Gasteiger partial charge in [0.25, 0.3) is 0 Å². The van der Waals surface area contributed by atoms with Crippen molar-refractivity contribution in [1.82, 2.24) is 10.6 Å². The van der Waals surface area contributed by atoms with Crippen molar-refractivity contribution in [1.29, 1.82) is 0 Å². The number of halogens is 1. The minimum absolute atomic E-state index is 0.155. The number of hydrogen-bond donors (Lipinski definition) is 2. The van der Waals surface area contributed by atoms with Crippen LogP contribution in [0.15, 0.2) is 12.1 Å². The molecule has 96 valence electrons. The largest absolute Gasteiger partial charge is 0.383 e. The topological polar surface area (TPSA) is 33.3 Å². The van der Waals surface area contributed by atoms with Crippen molar-refractivity contribution in [3.05, 3.63) is 21.3 Å². The van der Waals surface area contributed by atoms with E-state index in [1.807, 2.05) is 19.1 Å². The first-order chi connectivity index (χ1) is 8.02. The molecule has 2 atom stereocenters. The quantitative estimate of drug-likeness (QED) is 0.818. The summed E-state index contributed by atoms with van der Waals surface area (Å²) in [7, 11) is 1.67. The molecular weight excluding hydrogens is 276 g/mol. The number of thiophene rings is 1. The highest BCUT2D eigenvalue weighted by atomic mass is 35.5. The third-order valence-electron chi connectivity index (χ3n) is 2.16. The van der Waals surface area contributed by atoms with Crippen molar-refractivity contribution < 1.29 is 4.74 Å². The number of ether oxygens (including phenoxy) is 1. The lowest BCUT2D eigenvalue weighted by Gasteiger charge is -2.19. The fourth-order valence-corrected chi connectivity index (χ4v) is 2.83. The van der Waals surface area contributed by atoms with Gasteiger partial charge in [0, 0.05) is 18.0 Å². The van der Waals surface area contributed by atoms with E-state index in [1.165, 1.54) is 4.88 Å². The van der Waals surface area contributed by atoms with E-state index in [4.69, 9.17) is 28.6 Å². The second kappa shape index (κ2) is 7.16. The van der Waals surface area contributed by atoms with Crippen molar-refractivity contribution in [2.45, 2.75) is 25.9 Å². The third-order valence-corrected chi connectivity index (χ3v) is 3.81. The Morgan fingerprint density at radius 1 is 1.47 bits per heavy atom. The van der Waals surface area contributed by atoms with Gasteiger partial charge >= 0.3 is 0 Å². The lowest BCUT2D eigenvalue weighted by atomic mass is 10.3. The zero-order chi connectivity index (χ0) is 12.8. The lowest BCUT2D eigenvalue weighted by molar-refractivity contribution is 0.179. The number of methoxy groups -OCH3 is 1. The second-order valence-electron chi connectivity index (χ2n) is 3.84. The Hall–Kier alpha value is -0.360. The molecule has 0 aromatic carbocycles. The molecule has 0 amide bonds. The molecule has 2 unspecified atom stereocenters. The molecule has 2 N–H and O–H groups in total. The molecule has 1 heterocycles. The number of rotatable bonds is 5. The highest BCUT2D eigenvalue weighted by Gasteiger charge is 2.10. The predicted molar refractivity (Wildman–Crippen MR) is 78.0 cm³/mol. The Morgan fingerprint density at radius 2 is 2.18 bits per heavy atom. The van der Waals surface area contributed by atoms with Crippen LogP contribution < -0.4 is 10.6 Å². The molecule has 0 radical (unpaired) electrons. The van der Waals surface area contributed by atoms with E-state index in [2.05, 4.69) is 17.6 Å². The molecule has 1 rings (SSSR count). The smallest absolute Gasteiger partial charge is 0.167 e. The summed E-state index contributed by atoms with van der Waals surface area (Å²) in [6.45, 7) is 4.70. The summed E-state index contributed by atoms with van der Waals surface area (Å²) in [4.78, 5) is 1.17. The van der Waals surface area contributed by atoms with E-state index < -0.39 is 0 Å². The van der Waals surface area contributed by atoms with Gasteiger partial charge in [-0.05, 0) is 38.2 Å². The van der Waals surface area contributed by atoms with Gasteiger partial charge in [-0.15, -0.1) is 11.3 Å². The van der Waals surface area contributed by atoms with Crippen LogP contribution in [0.1, 0.15) is 24.8 Å². The van der Waals surface area contributed by atoms with E-state index in [-0.39, 0.29) is 12.1 Å². The molecule has 1 aromatic rings. The van der Waals surface area contributed by atoms with Crippen LogP contribution in [0.25, 0.3) is 0 Å². The zero-order valence-corrected chi connectivity index (χ0v) is 12.5. The monoisotopic (exact) mass is 292 g/mol. The first kappa shape index (κ1) is 14.7. The molecule has 0 aliphatic heterocycles. The zero-order valence-electron chi connectivity index (χ0n) is 10.1. The molecule has 0 aliphatic carbocycles. The number of thiocarbonyl (C=S) groups is 1. The van der Waals surface area contributed by atoms with Crippen LogP contribution in [0.5, 0.6) is 0 Å². The van der Waals surface area contributed by atoms with Gasteiger partial charge in [0.05, 0.1) is 17.0 Å². The standard InChI is InChI=1S/C11H17ClN2OS2/c1-7(6-15-3)13-11(16)14-8(2)9-4-5-10(12)17-9/h4-5,7-8H,6H2,1-3H3,(H2,13,14,16). The summed E-state index contributed by atoms with van der Waals surface area (Å²) >= 11 is 12.7. The Balaban J connectivity index is 2.40. The molecule has 17 heavy (non-hydrogen) atoms. The van der Waals surface area contributed by atoms with E-state index in [0.29, 0.717) is 11.7 Å². The second-order valence-corrected chi connectivity index (χ2v) is 5.99. The van der Waals surface area contributed by atoms with Crippen molar-refractivity contribution in [2.75, 3.05) is 13.7 Å². The first-order valence-corrected chi connectivity index (χ1v) is 6.94. The molecule has 1 aromatic heterocycles. The molecule has 0 bridgehead atoms. The van der Waals surface area contributed by atoms with Crippen LogP contribution in [0.2, 0.25) is 4.34 Å². The van der Waals surface area contributed by atoms with Gasteiger partial charge in [0.2, 0.25) is 0 Å². The molecule has 0 aliphatic rings. The van der Waals surface area contributed by atoms with Crippen molar-refractivity contribution in [3.8, 4) is 0 Å². The number of nitrogens with one attached hydrogen (secondary N) is 2. The van der Waals surface area contributed by atoms with Crippen LogP contribution in [0.4, 0.5) is 0 Å². The van der Waals surface area contributed by atoms with Crippen LogP contribution >= 0.6 is 35.2 Å². The van der Waals surface area contributed by atoms with Gasteiger partial charge in [-0.2, -0.15) is 0 Å². The average Bonchev–Trinajstić information content (AvgIpc) is 2.64. The van der Waals surface area contributed by atoms with E-state index >= 15 is 0 Å². The summed E-state index contributed by atoms with van der Waals surface area (Å²) in [6.07, 6.45) is 0. The molecule has 0 saturated heterocycles. The minimum Gasteiger partial charge on any atom is -0.383 e. The predicted octanol–water partition coefficient (Wildman–Crippen LogP) is 2.96. The summed E-state index contributed by atoms with van der Waals surface area (Å²) in [6, 6.07) is 4.25. The SMILES string of the molecule is COCC(C)NC(=S)NC(C)c1ccc(Cl)s1. The third kappa shape index (κ3) is 5.21. The van der Waals surface area contributed by atoms with Crippen molar-refractivity contribution in [2.24, 2.45) is 0 Å². The molecule has 3 nitrogen and oxygen atoms in total. The maximum Gasteiger partial charge on any atom is 0.167 e. The minimum atomic E-state index is 0.155. The lowest BCUT2D eigenvalue weighted by Crippen LogP contribution is -2.43. The van der Waals surface area contributed by atoms with Crippen molar-refractivity contribution in [3.63, 3.8) is 0 Å². The Morgan fingerprint density at radius 3 is 2.71 bits per heavy atom. The molecule has 6 heteroatoms. The van der Waals surface area contributed by atoms with Crippen LogP contribution in [0.3, 0.4) is 0 Å². The van der Waals surface area contributed by atoms with Gasteiger partial charge in [0.1, 0.15) is 0 Å². The van der Waals surface area contributed by atoms with E-state index in [9.17, 15) is 0 Å². The Kier molecular flexibility index (Phi) is 6.19. The fourth-order valence-electron chi connectivity index (χ4n) is 1.39. The highest BCUT2D eigenvalue weighted by Crippen LogP contribution is 2.26. The Labute approximate surface area is 117 Å². The van der Waals surface area contributed by atoms with Gasteiger partial charge in [-0.25, -0.2) is 0 Å². The molecule has 0 saturated carbocycles. The summed E-state index contributed by atoms with van der Waals surface area (Å²) < 4.78 is 5.82. The number of hydrogen-bond acceptors (Lipinski definition) is 3. The maximum absolute atomic E-state index is 5.89. The van der Waals surface area contributed by atoms with Crippen LogP contribution in [-0.2, 0) is 4.74 Å².